The molecule has 0 amide bonds. The number of rotatable bonds is 5. The van der Waals surface area contributed by atoms with Gasteiger partial charge in [0, 0.05) is 11.4 Å². The van der Waals surface area contributed by atoms with E-state index in [1.54, 1.807) is 42.5 Å². The summed E-state index contributed by atoms with van der Waals surface area (Å²) in [6, 6.07) is 12.8. The van der Waals surface area contributed by atoms with E-state index in [-0.39, 0.29) is 12.2 Å². The topological polar surface area (TPSA) is 125 Å². The summed E-state index contributed by atoms with van der Waals surface area (Å²) in [7, 11) is -4.61. The maximum Gasteiger partial charge on any atom is 0.310 e. The summed E-state index contributed by atoms with van der Waals surface area (Å²) >= 11 is 0. The Kier molecular flexibility index (Phi) is 4.62. The van der Waals surface area contributed by atoms with Gasteiger partial charge >= 0.3 is 10.1 Å². The lowest BCUT2D eigenvalue weighted by molar-refractivity contribution is 0.170. The number of nitrogens with two attached hydrogens (primary N) is 2. The highest BCUT2D eigenvalue weighted by Gasteiger charge is 2.46. The van der Waals surface area contributed by atoms with Gasteiger partial charge in [0.1, 0.15) is 17.3 Å². The van der Waals surface area contributed by atoms with Crippen LogP contribution in [0.3, 0.4) is 0 Å². The van der Waals surface area contributed by atoms with Crippen LogP contribution in [0.25, 0.3) is 0 Å². The van der Waals surface area contributed by atoms with Crippen molar-refractivity contribution in [1.29, 1.82) is 0 Å². The van der Waals surface area contributed by atoms with Crippen LogP contribution in [0.2, 0.25) is 0 Å². The predicted molar refractivity (Wildman–Crippen MR) is 99.1 cm³/mol. The number of ether oxygens (including phenoxy) is 2. The molecular weight excluding hydrogens is 356 g/mol. The number of hydrogen-bond donors (Lipinski definition) is 3. The van der Waals surface area contributed by atoms with Crippen LogP contribution < -0.4 is 20.9 Å². The Hall–Kier alpha value is -2.97. The maximum absolute atomic E-state index is 12.1. The van der Waals surface area contributed by atoms with E-state index in [1.165, 1.54) is 24.3 Å². The van der Waals surface area contributed by atoms with Crippen LogP contribution in [0, 0.1) is 0 Å². The molecule has 26 heavy (non-hydrogen) atoms. The number of allylic oxidation sites excluding steroid dienone is 2. The average molecular weight is 374 g/mol. The maximum atomic E-state index is 12.1. The zero-order valence-electron chi connectivity index (χ0n) is 13.7. The Bertz CT molecular complexity index is 950. The Labute approximate surface area is 151 Å². The van der Waals surface area contributed by atoms with Gasteiger partial charge in [0.05, 0.1) is 6.42 Å². The van der Waals surface area contributed by atoms with E-state index in [0.29, 0.717) is 22.9 Å². The second-order valence-electron chi connectivity index (χ2n) is 5.80. The summed E-state index contributed by atoms with van der Waals surface area (Å²) in [5.74, 6) is 1.04. The molecule has 0 radical (unpaired) electrons. The SMILES string of the molecule is Nc1ccc(OC2=CC=CC(Oc3ccc(N)cc3)(S(=O)(=O)O)C2)cc1. The highest BCUT2D eigenvalue weighted by molar-refractivity contribution is 7.87. The zero-order chi connectivity index (χ0) is 18.8. The summed E-state index contributed by atoms with van der Waals surface area (Å²) in [5, 5.41) is 0. The van der Waals surface area contributed by atoms with Crippen molar-refractivity contribution in [3.05, 3.63) is 72.5 Å². The Balaban J connectivity index is 1.87. The molecule has 5 N–H and O–H groups in total. The van der Waals surface area contributed by atoms with Crippen LogP contribution in [0.5, 0.6) is 11.5 Å². The van der Waals surface area contributed by atoms with Gasteiger partial charge in [-0.05, 0) is 60.7 Å². The van der Waals surface area contributed by atoms with Crippen LogP contribution in [0.4, 0.5) is 11.4 Å². The van der Waals surface area contributed by atoms with Crippen LogP contribution in [0.1, 0.15) is 6.42 Å². The summed E-state index contributed by atoms with van der Waals surface area (Å²) in [6.07, 6.45) is 4.12. The van der Waals surface area contributed by atoms with E-state index in [1.807, 2.05) is 0 Å². The first-order chi connectivity index (χ1) is 12.3. The molecule has 1 aliphatic carbocycles. The van der Waals surface area contributed by atoms with Gasteiger partial charge in [-0.2, -0.15) is 8.42 Å². The molecule has 0 bridgehead atoms. The number of anilines is 2. The second kappa shape index (κ2) is 6.74. The van der Waals surface area contributed by atoms with Gasteiger partial charge in [-0.15, -0.1) is 0 Å². The van der Waals surface area contributed by atoms with Crippen molar-refractivity contribution in [3.8, 4) is 11.5 Å². The monoisotopic (exact) mass is 374 g/mol. The van der Waals surface area contributed by atoms with Crippen LogP contribution in [0.15, 0.2) is 72.5 Å². The van der Waals surface area contributed by atoms with Gasteiger partial charge in [-0.3, -0.25) is 4.55 Å². The molecule has 1 unspecified atom stereocenters. The molecule has 0 heterocycles. The molecule has 0 fully saturated rings. The first kappa shape index (κ1) is 17.8. The fourth-order valence-electron chi connectivity index (χ4n) is 2.46. The Morgan fingerprint density at radius 1 is 0.923 bits per heavy atom. The normalized spacial score (nSPS) is 19.7. The fourth-order valence-corrected chi connectivity index (χ4v) is 3.23. The summed E-state index contributed by atoms with van der Waals surface area (Å²) in [4.78, 5) is -2.00. The van der Waals surface area contributed by atoms with Crippen molar-refractivity contribution < 1.29 is 22.4 Å². The van der Waals surface area contributed by atoms with Crippen molar-refractivity contribution >= 4 is 21.5 Å². The van der Waals surface area contributed by atoms with Gasteiger partial charge in [0.15, 0.2) is 0 Å². The van der Waals surface area contributed by atoms with Gasteiger partial charge in [-0.1, -0.05) is 6.08 Å². The van der Waals surface area contributed by atoms with Crippen LogP contribution in [-0.2, 0) is 10.1 Å². The van der Waals surface area contributed by atoms with Crippen molar-refractivity contribution in [2.45, 2.75) is 11.4 Å². The molecule has 3 rings (SSSR count). The molecule has 0 spiro atoms. The number of hydrogen-bond acceptors (Lipinski definition) is 6. The molecule has 2 aromatic carbocycles. The standard InChI is InChI=1S/C18H18N2O5S/c19-13-3-7-15(8-4-13)24-17-2-1-11-18(12-17,26(21,22)23)25-16-9-5-14(20)6-10-16/h1-11H,12,19-20H2,(H,21,22,23). The smallest absolute Gasteiger partial charge is 0.310 e. The minimum absolute atomic E-state index is 0.211. The molecule has 136 valence electrons. The highest BCUT2D eigenvalue weighted by Crippen LogP contribution is 2.34. The van der Waals surface area contributed by atoms with Gasteiger partial charge in [0.25, 0.3) is 4.93 Å². The fraction of sp³-hybridized carbons (Fsp3) is 0.111. The van der Waals surface area contributed by atoms with E-state index >= 15 is 0 Å². The molecule has 0 saturated carbocycles. The molecular formula is C18H18N2O5S. The summed E-state index contributed by atoms with van der Waals surface area (Å²) < 4.78 is 45.3. The summed E-state index contributed by atoms with van der Waals surface area (Å²) in [5.41, 5.74) is 12.3. The first-order valence-corrected chi connectivity index (χ1v) is 9.15. The highest BCUT2D eigenvalue weighted by atomic mass is 32.2. The average Bonchev–Trinajstić information content (AvgIpc) is 2.58. The molecule has 7 nitrogen and oxygen atoms in total. The Morgan fingerprint density at radius 3 is 2.00 bits per heavy atom. The molecule has 2 aromatic rings. The van der Waals surface area contributed by atoms with E-state index < -0.39 is 15.1 Å². The van der Waals surface area contributed by atoms with Crippen molar-refractivity contribution in [2.75, 3.05) is 11.5 Å². The molecule has 0 saturated heterocycles. The van der Waals surface area contributed by atoms with Crippen molar-refractivity contribution in [2.24, 2.45) is 0 Å². The molecule has 8 heteroatoms. The lowest BCUT2D eigenvalue weighted by Crippen LogP contribution is -2.44. The quantitative estimate of drug-likeness (QED) is 0.543. The van der Waals surface area contributed by atoms with Crippen LogP contribution in [-0.4, -0.2) is 17.9 Å². The minimum Gasteiger partial charge on any atom is -0.464 e. The molecule has 1 atom stereocenters. The van der Waals surface area contributed by atoms with Gasteiger partial charge in [0.2, 0.25) is 0 Å². The third-order valence-electron chi connectivity index (χ3n) is 3.79. The molecule has 0 aromatic heterocycles. The first-order valence-electron chi connectivity index (χ1n) is 7.71. The van der Waals surface area contributed by atoms with Gasteiger partial charge in [-0.25, -0.2) is 0 Å². The Morgan fingerprint density at radius 2 is 1.46 bits per heavy atom. The van der Waals surface area contributed by atoms with Crippen molar-refractivity contribution in [1.82, 2.24) is 0 Å². The number of benzene rings is 2. The minimum atomic E-state index is -4.61. The summed E-state index contributed by atoms with van der Waals surface area (Å²) in [6.45, 7) is 0. The zero-order valence-corrected chi connectivity index (χ0v) is 14.5. The third kappa shape index (κ3) is 3.81. The van der Waals surface area contributed by atoms with E-state index in [0.717, 1.165) is 0 Å². The van der Waals surface area contributed by atoms with Gasteiger partial charge < -0.3 is 20.9 Å². The lowest BCUT2D eigenvalue weighted by Gasteiger charge is -2.31. The lowest BCUT2D eigenvalue weighted by atomic mass is 10.1. The molecule has 0 aliphatic heterocycles. The van der Waals surface area contributed by atoms with Crippen LogP contribution >= 0.6 is 0 Å². The second-order valence-corrected chi connectivity index (χ2v) is 7.44. The molecule has 1 aliphatic rings. The van der Waals surface area contributed by atoms with E-state index in [9.17, 15) is 13.0 Å². The van der Waals surface area contributed by atoms with E-state index in [4.69, 9.17) is 20.9 Å². The number of nitrogen functional groups attached to an aromatic ring is 2. The van der Waals surface area contributed by atoms with Crippen molar-refractivity contribution in [3.63, 3.8) is 0 Å². The predicted octanol–water partition coefficient (Wildman–Crippen LogP) is 2.74. The van der Waals surface area contributed by atoms with E-state index in [2.05, 4.69) is 0 Å². The largest absolute Gasteiger partial charge is 0.464 e. The third-order valence-corrected chi connectivity index (χ3v) is 5.03.